The molecule has 1 saturated heterocycles. The van der Waals surface area contributed by atoms with Gasteiger partial charge in [0.15, 0.2) is 0 Å². The van der Waals surface area contributed by atoms with E-state index in [1.54, 1.807) is 11.0 Å². The van der Waals surface area contributed by atoms with Gasteiger partial charge in [0.1, 0.15) is 5.92 Å². The van der Waals surface area contributed by atoms with E-state index in [-0.39, 0.29) is 11.8 Å². The van der Waals surface area contributed by atoms with E-state index >= 15 is 0 Å². The number of rotatable bonds is 3. The van der Waals surface area contributed by atoms with E-state index in [4.69, 9.17) is 5.11 Å². The lowest BCUT2D eigenvalue weighted by Crippen LogP contribution is -2.52. The van der Waals surface area contributed by atoms with E-state index in [0.717, 1.165) is 0 Å². The molecule has 2 heterocycles. The molecule has 1 unspecified atom stereocenters. The highest BCUT2D eigenvalue weighted by Gasteiger charge is 2.30. The number of carbonyl (C=O) groups excluding carboxylic acids is 2. The Morgan fingerprint density at radius 3 is 2.30 bits per heavy atom. The SMILES string of the molecule is CC(C(=O)O)C(=O)N1CCN(C(=O)c2cccs2)CC1. The van der Waals surface area contributed by atoms with Crippen LogP contribution in [0.4, 0.5) is 0 Å². The first-order valence-corrected chi connectivity index (χ1v) is 7.23. The fraction of sp³-hybridized carbons (Fsp3) is 0.462. The lowest BCUT2D eigenvalue weighted by Gasteiger charge is -2.35. The van der Waals surface area contributed by atoms with Crippen LogP contribution < -0.4 is 0 Å². The van der Waals surface area contributed by atoms with Crippen LogP contribution >= 0.6 is 11.3 Å². The number of nitrogens with zero attached hydrogens (tertiary/aromatic N) is 2. The minimum absolute atomic E-state index is 0.0293. The molecule has 0 radical (unpaired) electrons. The third kappa shape index (κ3) is 2.98. The molecular weight excluding hydrogens is 280 g/mol. The van der Waals surface area contributed by atoms with E-state index in [9.17, 15) is 14.4 Å². The molecule has 1 fully saturated rings. The van der Waals surface area contributed by atoms with Crippen molar-refractivity contribution in [3.63, 3.8) is 0 Å². The van der Waals surface area contributed by atoms with Crippen LogP contribution in [0.15, 0.2) is 17.5 Å². The minimum Gasteiger partial charge on any atom is -0.481 e. The number of thiophene rings is 1. The van der Waals surface area contributed by atoms with Gasteiger partial charge in [0.25, 0.3) is 5.91 Å². The summed E-state index contributed by atoms with van der Waals surface area (Å²) in [6.07, 6.45) is 0. The van der Waals surface area contributed by atoms with E-state index < -0.39 is 11.9 Å². The van der Waals surface area contributed by atoms with E-state index in [0.29, 0.717) is 31.1 Å². The van der Waals surface area contributed by atoms with Crippen molar-refractivity contribution in [2.45, 2.75) is 6.92 Å². The standard InChI is InChI=1S/C13H16N2O4S/c1-9(13(18)19)11(16)14-4-6-15(7-5-14)12(17)10-3-2-8-20-10/h2-3,8-9H,4-7H2,1H3,(H,18,19). The largest absolute Gasteiger partial charge is 0.481 e. The second kappa shape index (κ2) is 6.04. The smallest absolute Gasteiger partial charge is 0.315 e. The maximum Gasteiger partial charge on any atom is 0.315 e. The summed E-state index contributed by atoms with van der Waals surface area (Å²) in [5.74, 6) is -2.57. The van der Waals surface area contributed by atoms with Crippen LogP contribution in [-0.4, -0.2) is 58.9 Å². The molecule has 1 aliphatic rings. The molecule has 0 spiro atoms. The van der Waals surface area contributed by atoms with Crippen LogP contribution in [0.25, 0.3) is 0 Å². The molecule has 1 aromatic rings. The molecule has 2 rings (SSSR count). The number of hydrogen-bond donors (Lipinski definition) is 1. The fourth-order valence-electron chi connectivity index (χ4n) is 2.07. The third-order valence-corrected chi connectivity index (χ3v) is 4.21. The normalized spacial score (nSPS) is 16.9. The zero-order chi connectivity index (χ0) is 14.7. The van der Waals surface area contributed by atoms with E-state index in [2.05, 4.69) is 0 Å². The Bertz CT molecular complexity index is 506. The molecule has 0 saturated carbocycles. The number of carboxylic acid groups (broad SMARTS) is 1. The summed E-state index contributed by atoms with van der Waals surface area (Å²) in [6, 6.07) is 3.60. The van der Waals surface area contributed by atoms with Gasteiger partial charge in [-0.3, -0.25) is 14.4 Å². The first-order valence-electron chi connectivity index (χ1n) is 6.35. The molecule has 0 bridgehead atoms. The number of carboxylic acids is 1. The molecule has 20 heavy (non-hydrogen) atoms. The molecule has 6 nitrogen and oxygen atoms in total. The van der Waals surface area contributed by atoms with Gasteiger partial charge in [0, 0.05) is 26.2 Å². The Morgan fingerprint density at radius 1 is 1.20 bits per heavy atom. The van der Waals surface area contributed by atoms with Crippen molar-refractivity contribution in [2.24, 2.45) is 5.92 Å². The third-order valence-electron chi connectivity index (χ3n) is 3.35. The molecule has 1 aliphatic heterocycles. The van der Waals surface area contributed by atoms with Gasteiger partial charge in [-0.1, -0.05) is 6.07 Å². The predicted octanol–water partition coefficient (Wildman–Crippen LogP) is 0.753. The number of carbonyl (C=O) groups is 3. The van der Waals surface area contributed by atoms with Crippen LogP contribution in [0, 0.1) is 5.92 Å². The highest BCUT2D eigenvalue weighted by molar-refractivity contribution is 7.12. The van der Waals surface area contributed by atoms with Gasteiger partial charge in [-0.2, -0.15) is 0 Å². The van der Waals surface area contributed by atoms with Crippen LogP contribution in [0.3, 0.4) is 0 Å². The van der Waals surface area contributed by atoms with Gasteiger partial charge >= 0.3 is 5.97 Å². The Kier molecular flexibility index (Phi) is 4.39. The van der Waals surface area contributed by atoms with Gasteiger partial charge < -0.3 is 14.9 Å². The highest BCUT2D eigenvalue weighted by Crippen LogP contribution is 2.14. The fourth-order valence-corrected chi connectivity index (χ4v) is 2.76. The summed E-state index contributed by atoms with van der Waals surface area (Å²) in [4.78, 5) is 38.7. The predicted molar refractivity (Wildman–Crippen MR) is 73.6 cm³/mol. The van der Waals surface area contributed by atoms with Crippen molar-refractivity contribution in [1.82, 2.24) is 9.80 Å². The first kappa shape index (κ1) is 14.5. The maximum atomic E-state index is 12.1. The zero-order valence-corrected chi connectivity index (χ0v) is 11.9. The van der Waals surface area contributed by atoms with Gasteiger partial charge in [-0.05, 0) is 18.4 Å². The molecular formula is C13H16N2O4S. The lowest BCUT2D eigenvalue weighted by atomic mass is 10.1. The lowest BCUT2D eigenvalue weighted by molar-refractivity contribution is -0.151. The van der Waals surface area contributed by atoms with Crippen LogP contribution in [0.1, 0.15) is 16.6 Å². The minimum atomic E-state index is -1.12. The summed E-state index contributed by atoms with van der Waals surface area (Å²) in [6.45, 7) is 3.03. The quantitative estimate of drug-likeness (QED) is 0.835. The molecule has 2 amide bonds. The van der Waals surface area contributed by atoms with Gasteiger partial charge in [-0.25, -0.2) is 0 Å². The Labute approximate surface area is 120 Å². The molecule has 108 valence electrons. The van der Waals surface area contributed by atoms with Crippen molar-refractivity contribution < 1.29 is 19.5 Å². The number of hydrogen-bond acceptors (Lipinski definition) is 4. The van der Waals surface area contributed by atoms with Crippen molar-refractivity contribution in [3.05, 3.63) is 22.4 Å². The van der Waals surface area contributed by atoms with Crippen molar-refractivity contribution >= 4 is 29.1 Å². The molecule has 1 N–H and O–H groups in total. The first-order chi connectivity index (χ1) is 9.50. The number of aliphatic carboxylic acids is 1. The Hall–Kier alpha value is -1.89. The maximum absolute atomic E-state index is 12.1. The Balaban J connectivity index is 1.91. The monoisotopic (exact) mass is 296 g/mol. The Morgan fingerprint density at radius 2 is 1.80 bits per heavy atom. The van der Waals surface area contributed by atoms with Crippen LogP contribution in [0.5, 0.6) is 0 Å². The molecule has 7 heteroatoms. The molecule has 1 aromatic heterocycles. The molecule has 1 atom stereocenters. The van der Waals surface area contributed by atoms with Crippen molar-refractivity contribution in [1.29, 1.82) is 0 Å². The summed E-state index contributed by atoms with van der Waals surface area (Å²) >= 11 is 1.39. The van der Waals surface area contributed by atoms with E-state index in [1.165, 1.54) is 23.2 Å². The summed E-state index contributed by atoms with van der Waals surface area (Å²) in [5.41, 5.74) is 0. The van der Waals surface area contributed by atoms with Gasteiger partial charge in [-0.15, -0.1) is 11.3 Å². The summed E-state index contributed by atoms with van der Waals surface area (Å²) in [5, 5.41) is 10.7. The average molecular weight is 296 g/mol. The van der Waals surface area contributed by atoms with Crippen LogP contribution in [0.2, 0.25) is 0 Å². The summed E-state index contributed by atoms with van der Waals surface area (Å²) in [7, 11) is 0. The van der Waals surface area contributed by atoms with Gasteiger partial charge in [0.2, 0.25) is 5.91 Å². The topological polar surface area (TPSA) is 77.9 Å². The number of piperazine rings is 1. The van der Waals surface area contributed by atoms with Crippen LogP contribution in [-0.2, 0) is 9.59 Å². The van der Waals surface area contributed by atoms with E-state index in [1.807, 2.05) is 11.4 Å². The van der Waals surface area contributed by atoms with Crippen molar-refractivity contribution in [2.75, 3.05) is 26.2 Å². The highest BCUT2D eigenvalue weighted by atomic mass is 32.1. The van der Waals surface area contributed by atoms with Gasteiger partial charge in [0.05, 0.1) is 4.88 Å². The molecule has 0 aliphatic carbocycles. The average Bonchev–Trinajstić information content (AvgIpc) is 2.99. The summed E-state index contributed by atoms with van der Waals surface area (Å²) < 4.78 is 0. The number of amides is 2. The second-order valence-corrected chi connectivity index (χ2v) is 5.60. The second-order valence-electron chi connectivity index (χ2n) is 4.65. The zero-order valence-electron chi connectivity index (χ0n) is 11.1. The molecule has 0 aromatic carbocycles. The van der Waals surface area contributed by atoms with Crippen molar-refractivity contribution in [3.8, 4) is 0 Å².